The summed E-state index contributed by atoms with van der Waals surface area (Å²) in [5.74, 6) is 0. The van der Waals surface area contributed by atoms with E-state index in [-0.39, 0.29) is 0 Å². The standard InChI is InChI=1S/C19H15NO2S2/c1-14-11-19(23-13-14)17-12-20(18-10-6-5-9-16(17)18)24(21,22)15-7-3-2-4-8-15/h2-13H,1H3. The van der Waals surface area contributed by atoms with Crippen LogP contribution in [0.5, 0.6) is 0 Å². The van der Waals surface area contributed by atoms with Crippen molar-refractivity contribution in [3.8, 4) is 10.4 Å². The lowest BCUT2D eigenvalue weighted by Gasteiger charge is -2.07. The van der Waals surface area contributed by atoms with Crippen molar-refractivity contribution < 1.29 is 8.42 Å². The van der Waals surface area contributed by atoms with Crippen molar-refractivity contribution in [2.24, 2.45) is 0 Å². The zero-order valence-electron chi connectivity index (χ0n) is 13.0. The topological polar surface area (TPSA) is 39.1 Å². The van der Waals surface area contributed by atoms with Crippen LogP contribution in [-0.4, -0.2) is 12.4 Å². The third-order valence-electron chi connectivity index (χ3n) is 3.97. The van der Waals surface area contributed by atoms with Crippen LogP contribution in [0, 0.1) is 6.92 Å². The number of fused-ring (bicyclic) bond motifs is 1. The van der Waals surface area contributed by atoms with Crippen molar-refractivity contribution in [1.82, 2.24) is 3.97 Å². The first-order chi connectivity index (χ1) is 11.6. The minimum absolute atomic E-state index is 0.291. The van der Waals surface area contributed by atoms with Crippen molar-refractivity contribution in [2.45, 2.75) is 11.8 Å². The Hall–Kier alpha value is -2.37. The molecule has 0 aliphatic carbocycles. The van der Waals surface area contributed by atoms with Crippen LogP contribution in [0.4, 0.5) is 0 Å². The summed E-state index contributed by atoms with van der Waals surface area (Å²) in [5, 5.41) is 3.02. The molecule has 0 aliphatic rings. The number of para-hydroxylation sites is 1. The second-order valence-electron chi connectivity index (χ2n) is 5.66. The third kappa shape index (κ3) is 2.37. The van der Waals surface area contributed by atoms with Gasteiger partial charge in [-0.3, -0.25) is 0 Å². The molecule has 5 heteroatoms. The molecule has 0 aliphatic heterocycles. The van der Waals surface area contributed by atoms with Gasteiger partial charge in [0.05, 0.1) is 10.4 Å². The molecule has 0 radical (unpaired) electrons. The van der Waals surface area contributed by atoms with Gasteiger partial charge in [0.15, 0.2) is 0 Å². The summed E-state index contributed by atoms with van der Waals surface area (Å²) in [7, 11) is -3.62. The van der Waals surface area contributed by atoms with Crippen molar-refractivity contribution >= 4 is 32.3 Å². The van der Waals surface area contributed by atoms with E-state index < -0.39 is 10.0 Å². The normalized spacial score (nSPS) is 11.9. The first-order valence-electron chi connectivity index (χ1n) is 7.53. The van der Waals surface area contributed by atoms with Gasteiger partial charge in [0, 0.05) is 22.0 Å². The number of aryl methyl sites for hydroxylation is 1. The van der Waals surface area contributed by atoms with Gasteiger partial charge >= 0.3 is 0 Å². The number of aromatic nitrogens is 1. The van der Waals surface area contributed by atoms with E-state index in [0.29, 0.717) is 10.4 Å². The number of rotatable bonds is 3. The van der Waals surface area contributed by atoms with Crippen LogP contribution in [-0.2, 0) is 10.0 Å². The fourth-order valence-electron chi connectivity index (χ4n) is 2.82. The monoisotopic (exact) mass is 353 g/mol. The maximum atomic E-state index is 13.1. The predicted octanol–water partition coefficient (Wildman–Crippen LogP) is 4.92. The van der Waals surface area contributed by atoms with Crippen LogP contribution < -0.4 is 0 Å². The summed E-state index contributed by atoms with van der Waals surface area (Å²) < 4.78 is 27.5. The van der Waals surface area contributed by atoms with E-state index in [1.165, 1.54) is 9.54 Å². The summed E-state index contributed by atoms with van der Waals surface area (Å²) in [6.07, 6.45) is 1.73. The first kappa shape index (κ1) is 15.2. The quantitative estimate of drug-likeness (QED) is 0.525. The number of hydrogen-bond donors (Lipinski definition) is 0. The minimum atomic E-state index is -3.62. The molecule has 2 aromatic carbocycles. The molecule has 0 amide bonds. The van der Waals surface area contributed by atoms with Gasteiger partial charge in [0.2, 0.25) is 0 Å². The Bertz CT molecular complexity index is 1120. The summed E-state index contributed by atoms with van der Waals surface area (Å²) in [5.41, 5.74) is 2.82. The molecule has 0 spiro atoms. The highest BCUT2D eigenvalue weighted by molar-refractivity contribution is 7.90. The van der Waals surface area contributed by atoms with Gasteiger partial charge in [-0.1, -0.05) is 36.4 Å². The molecule has 3 nitrogen and oxygen atoms in total. The molecule has 0 N–H and O–H groups in total. The lowest BCUT2D eigenvalue weighted by atomic mass is 10.1. The van der Waals surface area contributed by atoms with Crippen LogP contribution in [0.3, 0.4) is 0 Å². The second kappa shape index (κ2) is 5.61. The lowest BCUT2D eigenvalue weighted by Crippen LogP contribution is -2.11. The Balaban J connectivity index is 2.01. The van der Waals surface area contributed by atoms with Crippen molar-refractivity contribution in [3.63, 3.8) is 0 Å². The Kier molecular flexibility index (Phi) is 3.55. The third-order valence-corrected chi connectivity index (χ3v) is 6.74. The van der Waals surface area contributed by atoms with Gasteiger partial charge in [0.1, 0.15) is 0 Å². The Morgan fingerprint density at radius 1 is 0.958 bits per heavy atom. The molecule has 4 rings (SSSR count). The number of hydrogen-bond acceptors (Lipinski definition) is 3. The molecule has 120 valence electrons. The molecule has 4 aromatic rings. The van der Waals surface area contributed by atoms with Crippen molar-refractivity contribution in [3.05, 3.63) is 77.8 Å². The number of nitrogens with zero attached hydrogens (tertiary/aromatic N) is 1. The van der Waals surface area contributed by atoms with E-state index in [2.05, 4.69) is 11.4 Å². The van der Waals surface area contributed by atoms with Crippen LogP contribution in [0.1, 0.15) is 5.56 Å². The average molecular weight is 353 g/mol. The molecular formula is C19H15NO2S2. The fourth-order valence-corrected chi connectivity index (χ4v) is 5.14. The van der Waals surface area contributed by atoms with E-state index in [4.69, 9.17) is 0 Å². The maximum Gasteiger partial charge on any atom is 0.268 e. The minimum Gasteiger partial charge on any atom is -0.240 e. The molecule has 0 saturated heterocycles. The molecule has 0 saturated carbocycles. The zero-order chi connectivity index (χ0) is 16.7. The summed E-state index contributed by atoms with van der Waals surface area (Å²) in [6, 6.07) is 18.2. The fraction of sp³-hybridized carbons (Fsp3) is 0.0526. The highest BCUT2D eigenvalue weighted by Crippen LogP contribution is 2.36. The number of thiophene rings is 1. The van der Waals surface area contributed by atoms with Gasteiger partial charge in [-0.05, 0) is 42.1 Å². The molecule has 24 heavy (non-hydrogen) atoms. The molecule has 0 atom stereocenters. The van der Waals surface area contributed by atoms with Gasteiger partial charge in [-0.15, -0.1) is 11.3 Å². The van der Waals surface area contributed by atoms with Gasteiger partial charge in [-0.25, -0.2) is 12.4 Å². The van der Waals surface area contributed by atoms with E-state index >= 15 is 0 Å². The van der Waals surface area contributed by atoms with Crippen molar-refractivity contribution in [2.75, 3.05) is 0 Å². The second-order valence-corrected chi connectivity index (χ2v) is 8.39. The molecule has 2 heterocycles. The van der Waals surface area contributed by atoms with E-state index in [1.807, 2.05) is 37.3 Å². The first-order valence-corrected chi connectivity index (χ1v) is 9.85. The van der Waals surface area contributed by atoms with Crippen LogP contribution in [0.2, 0.25) is 0 Å². The zero-order valence-corrected chi connectivity index (χ0v) is 14.6. The molecule has 0 bridgehead atoms. The average Bonchev–Trinajstić information content (AvgIpc) is 3.19. The lowest BCUT2D eigenvalue weighted by molar-refractivity contribution is 0.589. The van der Waals surface area contributed by atoms with Crippen LogP contribution >= 0.6 is 11.3 Å². The SMILES string of the molecule is Cc1csc(-c2cn(S(=O)(=O)c3ccccc3)c3ccccc23)c1. The van der Waals surface area contributed by atoms with Gasteiger partial charge < -0.3 is 0 Å². The highest BCUT2D eigenvalue weighted by atomic mass is 32.2. The van der Waals surface area contributed by atoms with Gasteiger partial charge in [-0.2, -0.15) is 0 Å². The summed E-state index contributed by atoms with van der Waals surface area (Å²) >= 11 is 1.63. The number of benzene rings is 2. The van der Waals surface area contributed by atoms with E-state index in [9.17, 15) is 8.42 Å². The van der Waals surface area contributed by atoms with E-state index in [0.717, 1.165) is 15.8 Å². The summed E-state index contributed by atoms with van der Waals surface area (Å²) in [6.45, 7) is 2.04. The van der Waals surface area contributed by atoms with Crippen LogP contribution in [0.25, 0.3) is 21.3 Å². The Morgan fingerprint density at radius 3 is 2.38 bits per heavy atom. The Labute approximate surface area is 144 Å². The smallest absolute Gasteiger partial charge is 0.240 e. The largest absolute Gasteiger partial charge is 0.268 e. The summed E-state index contributed by atoms with van der Waals surface area (Å²) in [4.78, 5) is 1.37. The van der Waals surface area contributed by atoms with Crippen LogP contribution in [0.15, 0.2) is 77.1 Å². The van der Waals surface area contributed by atoms with Gasteiger partial charge in [0.25, 0.3) is 10.0 Å². The molecule has 0 fully saturated rings. The highest BCUT2D eigenvalue weighted by Gasteiger charge is 2.21. The molecular weight excluding hydrogens is 338 g/mol. The predicted molar refractivity (Wildman–Crippen MR) is 99.0 cm³/mol. The Morgan fingerprint density at radius 2 is 1.67 bits per heavy atom. The van der Waals surface area contributed by atoms with E-state index in [1.54, 1.807) is 41.8 Å². The molecule has 0 unspecified atom stereocenters. The van der Waals surface area contributed by atoms with Crippen molar-refractivity contribution in [1.29, 1.82) is 0 Å². The maximum absolute atomic E-state index is 13.1. The molecule has 2 aromatic heterocycles.